The topological polar surface area (TPSA) is 41.5 Å². The maximum atomic E-state index is 13.1. The highest BCUT2D eigenvalue weighted by Gasteiger charge is 2.03. The molecule has 0 spiro atoms. The Balaban J connectivity index is 1.81. The number of methoxy groups -OCH3 is 1. The Labute approximate surface area is 131 Å². The molecule has 0 radical (unpaired) electrons. The lowest BCUT2D eigenvalue weighted by Crippen LogP contribution is -2.16. The summed E-state index contributed by atoms with van der Waals surface area (Å²) in [5, 5.41) is 13.0. The van der Waals surface area contributed by atoms with Crippen molar-refractivity contribution in [2.45, 2.75) is 13.0 Å². The molecule has 0 bridgehead atoms. The van der Waals surface area contributed by atoms with E-state index in [0.717, 1.165) is 24.1 Å². The summed E-state index contributed by atoms with van der Waals surface area (Å²) >= 11 is 3.18. The van der Waals surface area contributed by atoms with Gasteiger partial charge in [0.25, 0.3) is 0 Å². The lowest BCUT2D eigenvalue weighted by Gasteiger charge is -2.08. The highest BCUT2D eigenvalue weighted by molar-refractivity contribution is 9.10. The number of rotatable bonds is 6. The molecule has 0 fully saturated rings. The Bertz CT molecular complexity index is 619. The van der Waals surface area contributed by atoms with Crippen LogP contribution in [-0.4, -0.2) is 18.8 Å². The number of hydrogen-bond donors (Lipinski definition) is 2. The minimum absolute atomic E-state index is 0.138. The highest BCUT2D eigenvalue weighted by Crippen LogP contribution is 2.26. The molecule has 112 valence electrons. The van der Waals surface area contributed by atoms with Crippen LogP contribution in [0.25, 0.3) is 0 Å². The maximum absolute atomic E-state index is 13.1. The molecular formula is C16H17BrFNO2. The molecule has 0 aliphatic heterocycles. The van der Waals surface area contributed by atoms with E-state index in [-0.39, 0.29) is 11.6 Å². The minimum atomic E-state index is -0.250. The average Bonchev–Trinajstić information content (AvgIpc) is 2.47. The van der Waals surface area contributed by atoms with Gasteiger partial charge in [-0.3, -0.25) is 0 Å². The van der Waals surface area contributed by atoms with Crippen LogP contribution in [-0.2, 0) is 13.0 Å². The highest BCUT2D eigenvalue weighted by atomic mass is 79.9. The van der Waals surface area contributed by atoms with Crippen molar-refractivity contribution in [2.24, 2.45) is 0 Å². The molecule has 21 heavy (non-hydrogen) atoms. The maximum Gasteiger partial charge on any atom is 0.160 e. The van der Waals surface area contributed by atoms with Crippen molar-refractivity contribution in [2.75, 3.05) is 13.7 Å². The van der Waals surface area contributed by atoms with Crippen LogP contribution in [0.5, 0.6) is 11.5 Å². The summed E-state index contributed by atoms with van der Waals surface area (Å²) in [4.78, 5) is 0. The normalized spacial score (nSPS) is 10.6. The molecule has 0 aromatic heterocycles. The molecule has 3 nitrogen and oxygen atoms in total. The Hall–Kier alpha value is -1.59. The molecule has 0 amide bonds. The third-order valence-corrected chi connectivity index (χ3v) is 3.75. The Kier molecular flexibility index (Phi) is 5.59. The standard InChI is InChI=1S/C16H17BrFNO2/c1-21-16-5-3-12(9-15(16)20)10-19-7-6-11-2-4-14(18)13(17)8-11/h2-5,8-9,19-20H,6-7,10H2,1H3. The van der Waals surface area contributed by atoms with Gasteiger partial charge >= 0.3 is 0 Å². The van der Waals surface area contributed by atoms with Crippen LogP contribution in [0.1, 0.15) is 11.1 Å². The van der Waals surface area contributed by atoms with Crippen LogP contribution in [0.2, 0.25) is 0 Å². The lowest BCUT2D eigenvalue weighted by molar-refractivity contribution is 0.373. The van der Waals surface area contributed by atoms with Crippen molar-refractivity contribution in [1.82, 2.24) is 5.32 Å². The van der Waals surface area contributed by atoms with E-state index in [4.69, 9.17) is 4.74 Å². The van der Waals surface area contributed by atoms with Gasteiger partial charge in [0.15, 0.2) is 11.5 Å². The first-order valence-electron chi connectivity index (χ1n) is 6.60. The predicted molar refractivity (Wildman–Crippen MR) is 84.2 cm³/mol. The molecule has 0 aliphatic carbocycles. The van der Waals surface area contributed by atoms with E-state index >= 15 is 0 Å². The summed E-state index contributed by atoms with van der Waals surface area (Å²) in [6.07, 6.45) is 0.807. The van der Waals surface area contributed by atoms with Crippen molar-refractivity contribution < 1.29 is 14.2 Å². The van der Waals surface area contributed by atoms with Crippen LogP contribution in [0.4, 0.5) is 4.39 Å². The number of phenolic OH excluding ortho intramolecular Hbond substituents is 1. The molecule has 5 heteroatoms. The van der Waals surface area contributed by atoms with Crippen molar-refractivity contribution in [3.8, 4) is 11.5 Å². The second-order valence-corrected chi connectivity index (χ2v) is 5.54. The van der Waals surface area contributed by atoms with Crippen molar-refractivity contribution in [1.29, 1.82) is 0 Å². The van der Waals surface area contributed by atoms with Gasteiger partial charge in [0, 0.05) is 6.54 Å². The number of nitrogens with one attached hydrogen (secondary N) is 1. The van der Waals surface area contributed by atoms with Crippen LogP contribution in [0.15, 0.2) is 40.9 Å². The second kappa shape index (κ2) is 7.43. The molecule has 2 rings (SSSR count). The first kappa shape index (κ1) is 15.8. The van der Waals surface area contributed by atoms with Gasteiger partial charge in [0.1, 0.15) is 5.82 Å². The SMILES string of the molecule is COc1ccc(CNCCc2ccc(F)c(Br)c2)cc1O. The van der Waals surface area contributed by atoms with Crippen LogP contribution in [0.3, 0.4) is 0 Å². The fourth-order valence-corrected chi connectivity index (χ4v) is 2.43. The summed E-state index contributed by atoms with van der Waals surface area (Å²) in [6, 6.07) is 10.3. The average molecular weight is 354 g/mol. The Morgan fingerprint density at radius 2 is 1.95 bits per heavy atom. The van der Waals surface area contributed by atoms with Gasteiger partial charge in [-0.25, -0.2) is 4.39 Å². The fourth-order valence-electron chi connectivity index (χ4n) is 2.01. The molecular weight excluding hydrogens is 337 g/mol. The smallest absolute Gasteiger partial charge is 0.160 e. The van der Waals surface area contributed by atoms with Gasteiger partial charge in [-0.15, -0.1) is 0 Å². The van der Waals surface area contributed by atoms with Crippen molar-refractivity contribution in [3.05, 3.63) is 57.8 Å². The molecule has 2 aromatic carbocycles. The zero-order chi connectivity index (χ0) is 15.2. The van der Waals surface area contributed by atoms with E-state index in [0.29, 0.717) is 16.8 Å². The number of ether oxygens (including phenoxy) is 1. The fraction of sp³-hybridized carbons (Fsp3) is 0.250. The van der Waals surface area contributed by atoms with Crippen LogP contribution >= 0.6 is 15.9 Å². The van der Waals surface area contributed by atoms with E-state index in [2.05, 4.69) is 21.2 Å². The molecule has 0 saturated heterocycles. The van der Waals surface area contributed by atoms with E-state index < -0.39 is 0 Å². The van der Waals surface area contributed by atoms with E-state index in [9.17, 15) is 9.50 Å². The van der Waals surface area contributed by atoms with Gasteiger partial charge < -0.3 is 15.2 Å². The first-order chi connectivity index (χ1) is 10.1. The number of phenols is 1. The van der Waals surface area contributed by atoms with E-state index in [1.807, 2.05) is 6.07 Å². The van der Waals surface area contributed by atoms with E-state index in [1.54, 1.807) is 24.3 Å². The molecule has 0 saturated carbocycles. The van der Waals surface area contributed by atoms with Crippen molar-refractivity contribution in [3.63, 3.8) is 0 Å². The Morgan fingerprint density at radius 1 is 1.19 bits per heavy atom. The number of aromatic hydroxyl groups is 1. The molecule has 0 atom stereocenters. The van der Waals surface area contributed by atoms with Crippen molar-refractivity contribution >= 4 is 15.9 Å². The largest absolute Gasteiger partial charge is 0.504 e. The van der Waals surface area contributed by atoms with Gasteiger partial charge in [0.05, 0.1) is 11.6 Å². The third-order valence-electron chi connectivity index (χ3n) is 3.15. The number of halogens is 2. The molecule has 0 unspecified atom stereocenters. The quantitative estimate of drug-likeness (QED) is 0.779. The minimum Gasteiger partial charge on any atom is -0.504 e. The molecule has 2 aromatic rings. The van der Waals surface area contributed by atoms with Crippen LogP contribution < -0.4 is 10.1 Å². The monoisotopic (exact) mass is 353 g/mol. The zero-order valence-corrected chi connectivity index (χ0v) is 13.3. The van der Waals surface area contributed by atoms with E-state index in [1.165, 1.54) is 13.2 Å². The summed E-state index contributed by atoms with van der Waals surface area (Å²) in [5.74, 6) is 0.356. The summed E-state index contributed by atoms with van der Waals surface area (Å²) in [7, 11) is 1.52. The summed E-state index contributed by atoms with van der Waals surface area (Å²) in [6.45, 7) is 1.42. The van der Waals surface area contributed by atoms with Crippen LogP contribution in [0, 0.1) is 5.82 Å². The number of benzene rings is 2. The third kappa shape index (κ3) is 4.44. The summed E-state index contributed by atoms with van der Waals surface area (Å²) < 4.78 is 18.6. The second-order valence-electron chi connectivity index (χ2n) is 4.68. The number of hydrogen-bond acceptors (Lipinski definition) is 3. The van der Waals surface area contributed by atoms with Gasteiger partial charge in [-0.05, 0) is 64.3 Å². The van der Waals surface area contributed by atoms with Gasteiger partial charge in [-0.2, -0.15) is 0 Å². The van der Waals surface area contributed by atoms with Gasteiger partial charge in [0.2, 0.25) is 0 Å². The lowest BCUT2D eigenvalue weighted by atomic mass is 10.1. The predicted octanol–water partition coefficient (Wildman–Crippen LogP) is 3.63. The first-order valence-corrected chi connectivity index (χ1v) is 7.40. The molecule has 0 heterocycles. The molecule has 2 N–H and O–H groups in total. The van der Waals surface area contributed by atoms with Gasteiger partial charge in [-0.1, -0.05) is 12.1 Å². The molecule has 0 aliphatic rings. The zero-order valence-electron chi connectivity index (χ0n) is 11.7. The Morgan fingerprint density at radius 3 is 2.62 bits per heavy atom. The summed E-state index contributed by atoms with van der Waals surface area (Å²) in [5.41, 5.74) is 2.04.